The number of hydrogen-bond donors (Lipinski definition) is 2. The molecule has 0 radical (unpaired) electrons. The van der Waals surface area contributed by atoms with Gasteiger partial charge in [0.05, 0.1) is 12.6 Å². The average molecular weight is 293 g/mol. The number of aliphatic hydroxyl groups excluding tert-OH is 1. The van der Waals surface area contributed by atoms with Gasteiger partial charge in [0, 0.05) is 25.7 Å². The minimum absolute atomic E-state index is 0.0130. The summed E-state index contributed by atoms with van der Waals surface area (Å²) in [5.74, 6) is 2.70. The van der Waals surface area contributed by atoms with E-state index in [4.69, 9.17) is 14.3 Å². The van der Waals surface area contributed by atoms with Crippen LogP contribution in [0.1, 0.15) is 37.2 Å². The van der Waals surface area contributed by atoms with E-state index in [9.17, 15) is 4.79 Å². The van der Waals surface area contributed by atoms with E-state index in [0.29, 0.717) is 30.6 Å². The number of carbonyl (C=O) groups excluding carboxylic acids is 1. The van der Waals surface area contributed by atoms with E-state index in [2.05, 4.69) is 12.2 Å². The Morgan fingerprint density at radius 1 is 1.62 bits per heavy atom. The second-order valence-electron chi connectivity index (χ2n) is 5.57. The maximum absolute atomic E-state index is 11.8. The van der Waals surface area contributed by atoms with Crippen molar-refractivity contribution in [2.24, 2.45) is 5.92 Å². The lowest BCUT2D eigenvalue weighted by molar-refractivity contribution is -0.117. The SMILES string of the molecule is COCC(CCO)NC(=O)/C=C/c1ccc(C2CC2C)o1. The maximum Gasteiger partial charge on any atom is 0.244 e. The van der Waals surface area contributed by atoms with E-state index in [0.717, 1.165) is 5.76 Å². The second-order valence-corrected chi connectivity index (χ2v) is 5.57. The largest absolute Gasteiger partial charge is 0.461 e. The quantitative estimate of drug-likeness (QED) is 0.718. The number of carbonyl (C=O) groups is 1. The standard InChI is InChI=1S/C16H23NO4/c1-11-9-14(11)15-5-3-13(21-15)4-6-16(19)17-12(7-8-18)10-20-2/h3-6,11-12,14,18H,7-10H2,1-2H3,(H,17,19)/b6-4+. The molecule has 1 amide bonds. The average Bonchev–Trinajstić information content (AvgIpc) is 3.00. The first-order chi connectivity index (χ1) is 10.1. The third-order valence-electron chi connectivity index (χ3n) is 3.71. The molecule has 1 aromatic rings. The number of ether oxygens (including phenoxy) is 1. The number of hydrogen-bond acceptors (Lipinski definition) is 4. The van der Waals surface area contributed by atoms with Crippen LogP contribution in [-0.2, 0) is 9.53 Å². The van der Waals surface area contributed by atoms with E-state index in [1.807, 2.05) is 12.1 Å². The Bertz CT molecular complexity index is 488. The molecule has 5 nitrogen and oxygen atoms in total. The Labute approximate surface area is 125 Å². The van der Waals surface area contributed by atoms with Crippen LogP contribution >= 0.6 is 0 Å². The molecule has 1 saturated carbocycles. The highest BCUT2D eigenvalue weighted by Gasteiger charge is 2.36. The van der Waals surface area contributed by atoms with Crippen molar-refractivity contribution in [1.29, 1.82) is 0 Å². The van der Waals surface area contributed by atoms with Crippen LogP contribution in [0.3, 0.4) is 0 Å². The summed E-state index contributed by atoms with van der Waals surface area (Å²) in [5, 5.41) is 11.7. The van der Waals surface area contributed by atoms with Gasteiger partial charge in [0.15, 0.2) is 0 Å². The summed E-state index contributed by atoms with van der Waals surface area (Å²) in [6, 6.07) is 3.67. The minimum atomic E-state index is -0.219. The van der Waals surface area contributed by atoms with Crippen LogP contribution in [0.15, 0.2) is 22.6 Å². The molecule has 2 N–H and O–H groups in total. The first kappa shape index (κ1) is 15.8. The molecule has 116 valence electrons. The third kappa shape index (κ3) is 4.72. The topological polar surface area (TPSA) is 71.7 Å². The lowest BCUT2D eigenvalue weighted by Crippen LogP contribution is -2.37. The van der Waals surface area contributed by atoms with Crippen molar-refractivity contribution < 1.29 is 19.1 Å². The van der Waals surface area contributed by atoms with Crippen molar-refractivity contribution in [2.45, 2.75) is 31.7 Å². The van der Waals surface area contributed by atoms with Gasteiger partial charge in [-0.15, -0.1) is 0 Å². The van der Waals surface area contributed by atoms with E-state index >= 15 is 0 Å². The molecular weight excluding hydrogens is 270 g/mol. The maximum atomic E-state index is 11.8. The van der Waals surface area contributed by atoms with Crippen molar-refractivity contribution in [2.75, 3.05) is 20.3 Å². The van der Waals surface area contributed by atoms with Crippen molar-refractivity contribution in [3.05, 3.63) is 29.7 Å². The van der Waals surface area contributed by atoms with Crippen LogP contribution in [0.2, 0.25) is 0 Å². The van der Waals surface area contributed by atoms with Crippen molar-refractivity contribution in [3.63, 3.8) is 0 Å². The Hall–Kier alpha value is -1.59. The molecule has 21 heavy (non-hydrogen) atoms. The molecule has 1 heterocycles. The number of methoxy groups -OCH3 is 1. The molecule has 1 fully saturated rings. The van der Waals surface area contributed by atoms with Crippen molar-refractivity contribution in [3.8, 4) is 0 Å². The highest BCUT2D eigenvalue weighted by atomic mass is 16.5. The monoisotopic (exact) mass is 293 g/mol. The molecule has 5 heteroatoms. The van der Waals surface area contributed by atoms with E-state index < -0.39 is 0 Å². The lowest BCUT2D eigenvalue weighted by atomic mass is 10.2. The normalized spacial score (nSPS) is 22.4. The van der Waals surface area contributed by atoms with E-state index in [-0.39, 0.29) is 18.6 Å². The predicted molar refractivity (Wildman–Crippen MR) is 79.8 cm³/mol. The van der Waals surface area contributed by atoms with Gasteiger partial charge in [-0.05, 0) is 37.0 Å². The summed E-state index contributed by atoms with van der Waals surface area (Å²) in [7, 11) is 1.57. The van der Waals surface area contributed by atoms with Crippen LogP contribution in [0, 0.1) is 5.92 Å². The first-order valence-electron chi connectivity index (χ1n) is 7.32. The van der Waals surface area contributed by atoms with Gasteiger partial charge >= 0.3 is 0 Å². The number of rotatable bonds is 8. The molecule has 0 saturated heterocycles. The summed E-state index contributed by atoms with van der Waals surface area (Å²) < 4.78 is 10.7. The zero-order valence-corrected chi connectivity index (χ0v) is 12.5. The van der Waals surface area contributed by atoms with Crippen molar-refractivity contribution >= 4 is 12.0 Å². The van der Waals surface area contributed by atoms with Gasteiger partial charge in [-0.3, -0.25) is 4.79 Å². The van der Waals surface area contributed by atoms with Gasteiger partial charge in [-0.1, -0.05) is 6.92 Å². The Balaban J connectivity index is 1.84. The summed E-state index contributed by atoms with van der Waals surface area (Å²) in [6.07, 6.45) is 4.75. The zero-order valence-electron chi connectivity index (χ0n) is 12.5. The molecule has 2 rings (SSSR count). The van der Waals surface area contributed by atoms with Gasteiger partial charge in [0.2, 0.25) is 5.91 Å². The molecule has 0 bridgehead atoms. The Morgan fingerprint density at radius 3 is 3.00 bits per heavy atom. The molecule has 1 aromatic heterocycles. The fourth-order valence-corrected chi connectivity index (χ4v) is 2.34. The number of amides is 1. The van der Waals surface area contributed by atoms with Crippen LogP contribution in [0.5, 0.6) is 0 Å². The van der Waals surface area contributed by atoms with E-state index in [1.54, 1.807) is 13.2 Å². The van der Waals surface area contributed by atoms with Crippen LogP contribution in [0.25, 0.3) is 6.08 Å². The zero-order chi connectivity index (χ0) is 15.2. The molecule has 1 aliphatic rings. The molecule has 0 aliphatic heterocycles. The predicted octanol–water partition coefficient (Wildman–Crippen LogP) is 1.93. The van der Waals surface area contributed by atoms with Gasteiger partial charge in [-0.25, -0.2) is 0 Å². The summed E-state index contributed by atoms with van der Waals surface area (Å²) >= 11 is 0. The molecule has 1 aliphatic carbocycles. The van der Waals surface area contributed by atoms with E-state index in [1.165, 1.54) is 12.5 Å². The lowest BCUT2D eigenvalue weighted by Gasteiger charge is -2.15. The van der Waals surface area contributed by atoms with Gasteiger partial charge < -0.3 is 19.6 Å². The fourth-order valence-electron chi connectivity index (χ4n) is 2.34. The summed E-state index contributed by atoms with van der Waals surface area (Å²) in [6.45, 7) is 2.59. The Kier molecular flexibility index (Phi) is 5.59. The van der Waals surface area contributed by atoms with Crippen molar-refractivity contribution in [1.82, 2.24) is 5.32 Å². The molecule has 0 aromatic carbocycles. The molecule has 3 unspecified atom stereocenters. The van der Waals surface area contributed by atoms with Gasteiger partial charge in [0.25, 0.3) is 0 Å². The third-order valence-corrected chi connectivity index (χ3v) is 3.71. The first-order valence-corrected chi connectivity index (χ1v) is 7.32. The van der Waals surface area contributed by atoms with Crippen LogP contribution in [0.4, 0.5) is 0 Å². The number of aliphatic hydroxyl groups is 1. The van der Waals surface area contributed by atoms with Gasteiger partial charge in [0.1, 0.15) is 11.5 Å². The summed E-state index contributed by atoms with van der Waals surface area (Å²) in [4.78, 5) is 11.8. The number of nitrogens with one attached hydrogen (secondary N) is 1. The Morgan fingerprint density at radius 2 is 2.38 bits per heavy atom. The van der Waals surface area contributed by atoms with Crippen LogP contribution < -0.4 is 5.32 Å². The minimum Gasteiger partial charge on any atom is -0.461 e. The highest BCUT2D eigenvalue weighted by molar-refractivity contribution is 5.91. The second kappa shape index (κ2) is 7.43. The van der Waals surface area contributed by atoms with Crippen LogP contribution in [-0.4, -0.2) is 37.4 Å². The molecule has 3 atom stereocenters. The summed E-state index contributed by atoms with van der Waals surface area (Å²) in [5.41, 5.74) is 0. The number of furan rings is 1. The fraction of sp³-hybridized carbons (Fsp3) is 0.562. The molecule has 0 spiro atoms. The molecular formula is C16H23NO4. The van der Waals surface area contributed by atoms with Gasteiger partial charge in [-0.2, -0.15) is 0 Å². The highest BCUT2D eigenvalue weighted by Crippen LogP contribution is 2.47. The smallest absolute Gasteiger partial charge is 0.244 e.